The van der Waals surface area contributed by atoms with Crippen LogP contribution >= 0.6 is 0 Å². The maximum atomic E-state index is 13.7. The molecule has 4 rings (SSSR count). The Morgan fingerprint density at radius 2 is 1.11 bits per heavy atom. The van der Waals surface area contributed by atoms with Gasteiger partial charge in [0.2, 0.25) is 5.78 Å². The first-order valence-electron chi connectivity index (χ1n) is 15.3. The number of phenolic OH excluding ortho intramolecular Hbond substituents is 2. The number of Topliss-reactive ketones (excluding diaryl/α,β-unsaturated/α-hetero) is 2. The van der Waals surface area contributed by atoms with Crippen LogP contribution in [0.2, 0.25) is 0 Å². The molecule has 0 fully saturated rings. The summed E-state index contributed by atoms with van der Waals surface area (Å²) in [5.74, 6) is -8.28. The van der Waals surface area contributed by atoms with E-state index in [-0.39, 0.29) is 16.7 Å². The van der Waals surface area contributed by atoms with E-state index >= 15 is 0 Å². The molecule has 46 heavy (non-hydrogen) atoms. The molecule has 0 spiro atoms. The van der Waals surface area contributed by atoms with Gasteiger partial charge in [0, 0.05) is 46.8 Å². The Morgan fingerprint density at radius 1 is 0.630 bits per heavy atom. The number of allylic oxidation sites excluding steroid dienone is 5. The van der Waals surface area contributed by atoms with Gasteiger partial charge in [-0.3, -0.25) is 19.2 Å². The third-order valence-corrected chi connectivity index (χ3v) is 9.45. The zero-order valence-electron chi connectivity index (χ0n) is 27.4. The molecular formula is C35H45NO10. The normalized spacial score (nSPS) is 35.0. The molecule has 1 aromatic rings. The van der Waals surface area contributed by atoms with Crippen molar-refractivity contribution in [3.63, 3.8) is 0 Å². The second-order valence-electron chi connectivity index (χ2n) is 12.8. The smallest absolute Gasteiger partial charge is 0.251 e. The van der Waals surface area contributed by atoms with E-state index in [2.05, 4.69) is 5.32 Å². The molecule has 0 saturated carbocycles. The lowest BCUT2D eigenvalue weighted by Gasteiger charge is -2.36. The van der Waals surface area contributed by atoms with Crippen molar-refractivity contribution in [2.75, 3.05) is 0 Å². The third kappa shape index (κ3) is 6.92. The van der Waals surface area contributed by atoms with E-state index in [1.165, 1.54) is 39.0 Å². The topological polar surface area (TPSA) is 202 Å². The summed E-state index contributed by atoms with van der Waals surface area (Å²) >= 11 is 0. The molecule has 1 aromatic carbocycles. The van der Waals surface area contributed by atoms with Crippen LogP contribution in [0.5, 0.6) is 11.5 Å². The Hall–Kier alpha value is -3.90. The number of hydrogen-bond acceptors (Lipinski definition) is 10. The highest BCUT2D eigenvalue weighted by Gasteiger charge is 2.39. The van der Waals surface area contributed by atoms with E-state index in [0.717, 1.165) is 6.08 Å². The molecule has 1 amide bonds. The largest absolute Gasteiger partial charge is 0.507 e. The van der Waals surface area contributed by atoms with Crippen molar-refractivity contribution in [2.45, 2.75) is 79.8 Å². The maximum Gasteiger partial charge on any atom is 0.251 e. The van der Waals surface area contributed by atoms with Gasteiger partial charge in [-0.1, -0.05) is 58.9 Å². The fourth-order valence-electron chi connectivity index (χ4n) is 6.11. The van der Waals surface area contributed by atoms with Gasteiger partial charge in [0.05, 0.1) is 46.8 Å². The van der Waals surface area contributed by atoms with Crippen molar-refractivity contribution in [1.29, 1.82) is 0 Å². The Morgan fingerprint density at radius 3 is 1.65 bits per heavy atom. The highest BCUT2D eigenvalue weighted by Crippen LogP contribution is 2.41. The minimum atomic E-state index is -1.21. The number of ketones is 3. The molecule has 7 N–H and O–H groups in total. The number of phenols is 2. The van der Waals surface area contributed by atoms with Gasteiger partial charge in [0.1, 0.15) is 11.5 Å². The van der Waals surface area contributed by atoms with Gasteiger partial charge in [-0.15, -0.1) is 0 Å². The second kappa shape index (κ2) is 14.3. The fraction of sp³-hybridized carbons (Fsp3) is 0.486. The van der Waals surface area contributed by atoms with Gasteiger partial charge in [-0.2, -0.15) is 0 Å². The van der Waals surface area contributed by atoms with E-state index in [9.17, 15) is 49.8 Å². The van der Waals surface area contributed by atoms with Gasteiger partial charge in [0.15, 0.2) is 11.6 Å². The third-order valence-electron chi connectivity index (χ3n) is 9.45. The first-order valence-corrected chi connectivity index (χ1v) is 15.3. The molecule has 1 aliphatic carbocycles. The molecule has 2 heterocycles. The Kier molecular flexibility index (Phi) is 11.3. The van der Waals surface area contributed by atoms with Crippen molar-refractivity contribution in [3.8, 4) is 11.5 Å². The summed E-state index contributed by atoms with van der Waals surface area (Å²) in [5, 5.41) is 68.4. The minimum absolute atomic E-state index is 0.00428. The molecule has 3 aliphatic rings. The van der Waals surface area contributed by atoms with Gasteiger partial charge in [-0.05, 0) is 26.3 Å². The summed E-state index contributed by atoms with van der Waals surface area (Å²) in [4.78, 5) is 53.6. The highest BCUT2D eigenvalue weighted by molar-refractivity contribution is 6.31. The number of amides is 1. The van der Waals surface area contributed by atoms with E-state index in [1.54, 1.807) is 40.7 Å². The van der Waals surface area contributed by atoms with E-state index < -0.39 is 111 Å². The van der Waals surface area contributed by atoms with Crippen LogP contribution in [0.1, 0.15) is 85.1 Å². The van der Waals surface area contributed by atoms with Crippen LogP contribution < -0.4 is 5.32 Å². The number of aromatic hydroxyl groups is 2. The maximum absolute atomic E-state index is 13.7. The Labute approximate surface area is 268 Å². The summed E-state index contributed by atoms with van der Waals surface area (Å²) in [5.41, 5.74) is -2.08. The molecule has 0 aromatic heterocycles. The van der Waals surface area contributed by atoms with Crippen molar-refractivity contribution in [3.05, 3.63) is 69.5 Å². The lowest BCUT2D eigenvalue weighted by Crippen LogP contribution is -2.45. The average Bonchev–Trinajstić information content (AvgIpc) is 3.02. The summed E-state index contributed by atoms with van der Waals surface area (Å²) in [6.07, 6.45) is 2.23. The standard InChI is InChI=1S/C35H45NO10/c1-14-10-9-11-15(2)35(46)36-22-13-23(37)24-25(32(43)21(8)33(44)26(24)34(22)45)29(40)17(4)12-16(3)28(39)19(6)31(42)20(7)30(41)18(5)27(14)38/h9-14,16,18-20,27-28,30-31,38-39,41-44H,1-8H3,(H,36,46)/b10-9+,15-11-,17-12-/t14-,16+,18+,19-,20-,27-,28-,30+,31+/m0/s1. The number of aliphatic hydroxyl groups is 4. The average molecular weight is 640 g/mol. The van der Waals surface area contributed by atoms with Crippen LogP contribution in [0.3, 0.4) is 0 Å². The molecule has 2 aliphatic heterocycles. The molecule has 11 nitrogen and oxygen atoms in total. The molecule has 0 unspecified atom stereocenters. The van der Waals surface area contributed by atoms with E-state index in [0.29, 0.717) is 0 Å². The monoisotopic (exact) mass is 639 g/mol. The summed E-state index contributed by atoms with van der Waals surface area (Å²) < 4.78 is 0. The molecule has 0 radical (unpaired) electrons. The van der Waals surface area contributed by atoms with Gasteiger partial charge in [-0.25, -0.2) is 0 Å². The van der Waals surface area contributed by atoms with Crippen molar-refractivity contribution in [1.82, 2.24) is 5.32 Å². The number of rotatable bonds is 0. The van der Waals surface area contributed by atoms with Crippen LogP contribution in [0.15, 0.2) is 47.2 Å². The van der Waals surface area contributed by atoms with Crippen LogP contribution in [-0.2, 0) is 4.79 Å². The number of fused-ring (bicyclic) bond motifs is 15. The second-order valence-corrected chi connectivity index (χ2v) is 12.8. The highest BCUT2D eigenvalue weighted by atomic mass is 16.3. The SMILES string of the molecule is C/C1=C/C=C/[C@H](C)[C@H](O)[C@@H](C)[C@@H](O)[C@H](C)[C@H](O)[C@@H](C)[C@@H](O)[C@H](C)/C=C(/C)C(=O)c2c(O)c(C)c(O)c3c2C(=O)C=C(NC1=O)C3=O. The first-order chi connectivity index (χ1) is 21.3. The molecule has 4 bridgehead atoms. The molecule has 11 heteroatoms. The minimum Gasteiger partial charge on any atom is -0.507 e. The number of benzene rings is 1. The number of carbonyl (C=O) groups excluding carboxylic acids is 4. The predicted octanol–water partition coefficient (Wildman–Crippen LogP) is 3.05. The van der Waals surface area contributed by atoms with Crippen LogP contribution in [0.25, 0.3) is 0 Å². The molecular weight excluding hydrogens is 594 g/mol. The number of nitrogens with one attached hydrogen (secondary N) is 1. The summed E-state index contributed by atoms with van der Waals surface area (Å²) in [6.45, 7) is 12.3. The number of aliphatic hydroxyl groups excluding tert-OH is 4. The van der Waals surface area contributed by atoms with Gasteiger partial charge < -0.3 is 36.0 Å². The van der Waals surface area contributed by atoms with Crippen molar-refractivity contribution < 1.29 is 49.8 Å². The quantitative estimate of drug-likeness (QED) is 0.221. The van der Waals surface area contributed by atoms with Crippen LogP contribution in [0, 0.1) is 36.5 Å². The fourth-order valence-corrected chi connectivity index (χ4v) is 6.11. The zero-order valence-corrected chi connectivity index (χ0v) is 27.4. The molecule has 9 atom stereocenters. The summed E-state index contributed by atoms with van der Waals surface area (Å²) in [7, 11) is 0. The lowest BCUT2D eigenvalue weighted by atomic mass is 9.77. The zero-order chi connectivity index (χ0) is 34.9. The first kappa shape index (κ1) is 36.6. The van der Waals surface area contributed by atoms with Crippen molar-refractivity contribution >= 4 is 23.3 Å². The van der Waals surface area contributed by atoms with E-state index in [4.69, 9.17) is 0 Å². The van der Waals surface area contributed by atoms with Crippen LogP contribution in [0.4, 0.5) is 0 Å². The number of hydrogen-bond donors (Lipinski definition) is 7. The van der Waals surface area contributed by atoms with Crippen LogP contribution in [-0.4, -0.2) is 78.3 Å². The molecule has 0 saturated heterocycles. The molecule has 250 valence electrons. The predicted molar refractivity (Wildman–Crippen MR) is 170 cm³/mol. The summed E-state index contributed by atoms with van der Waals surface area (Å²) in [6, 6.07) is 0. The van der Waals surface area contributed by atoms with Gasteiger partial charge >= 0.3 is 0 Å². The van der Waals surface area contributed by atoms with Crippen molar-refractivity contribution in [2.24, 2.45) is 29.6 Å². The Balaban J connectivity index is 2.20. The Bertz CT molecular complexity index is 1550. The number of carbonyl (C=O) groups is 4. The van der Waals surface area contributed by atoms with Gasteiger partial charge in [0.25, 0.3) is 5.91 Å². The lowest BCUT2D eigenvalue weighted by molar-refractivity contribution is -0.116. The van der Waals surface area contributed by atoms with E-state index in [1.807, 2.05) is 0 Å².